The Hall–Kier alpha value is -2.41. The predicted octanol–water partition coefficient (Wildman–Crippen LogP) is 1.30. The van der Waals surface area contributed by atoms with Crippen molar-refractivity contribution in [3.8, 4) is 11.1 Å². The summed E-state index contributed by atoms with van der Waals surface area (Å²) in [4.78, 5) is 8.00. The third-order valence-electron chi connectivity index (χ3n) is 3.02. The standard InChI is InChI=1S/C12H9FN2O7S2/c13-12-7(3-1-4-8(12)15(16)17)11-9(23(14,18)19)5-2-6-10(11)24(20,21)22/h1-6H,(H2,14,18,19)(H,20,21,22). The van der Waals surface area contributed by atoms with Crippen molar-refractivity contribution in [1.82, 2.24) is 0 Å². The number of sulfonamides is 1. The smallest absolute Gasteiger partial charge is 0.282 e. The summed E-state index contributed by atoms with van der Waals surface area (Å²) in [6.45, 7) is 0. The van der Waals surface area contributed by atoms with E-state index in [4.69, 9.17) is 5.14 Å². The number of hydrogen-bond donors (Lipinski definition) is 2. The van der Waals surface area contributed by atoms with E-state index in [0.29, 0.717) is 0 Å². The van der Waals surface area contributed by atoms with Crippen LogP contribution in [0.15, 0.2) is 46.2 Å². The van der Waals surface area contributed by atoms with E-state index >= 15 is 0 Å². The van der Waals surface area contributed by atoms with Gasteiger partial charge in [-0.2, -0.15) is 12.8 Å². The van der Waals surface area contributed by atoms with Crippen molar-refractivity contribution < 1.29 is 30.7 Å². The average molecular weight is 376 g/mol. The van der Waals surface area contributed by atoms with Gasteiger partial charge in [0.25, 0.3) is 10.1 Å². The monoisotopic (exact) mass is 376 g/mol. The first-order chi connectivity index (χ1) is 10.9. The average Bonchev–Trinajstić information content (AvgIpc) is 2.44. The van der Waals surface area contributed by atoms with Crippen molar-refractivity contribution in [2.75, 3.05) is 0 Å². The van der Waals surface area contributed by atoms with Crippen LogP contribution in [0.5, 0.6) is 0 Å². The molecule has 0 atom stereocenters. The van der Waals surface area contributed by atoms with E-state index in [-0.39, 0.29) is 0 Å². The van der Waals surface area contributed by atoms with Gasteiger partial charge in [-0.25, -0.2) is 13.6 Å². The summed E-state index contributed by atoms with van der Waals surface area (Å²) >= 11 is 0. The van der Waals surface area contributed by atoms with E-state index in [0.717, 1.165) is 36.4 Å². The maximum absolute atomic E-state index is 14.4. The highest BCUT2D eigenvalue weighted by Gasteiger charge is 2.29. The molecular weight excluding hydrogens is 367 g/mol. The number of nitrogens with zero attached hydrogens (tertiary/aromatic N) is 1. The molecule has 12 heteroatoms. The van der Waals surface area contributed by atoms with Gasteiger partial charge in [0.2, 0.25) is 15.8 Å². The molecule has 0 unspecified atom stereocenters. The van der Waals surface area contributed by atoms with Crippen molar-refractivity contribution in [2.45, 2.75) is 9.79 Å². The Labute approximate surface area is 135 Å². The number of primary sulfonamides is 1. The highest BCUT2D eigenvalue weighted by Crippen LogP contribution is 2.37. The topological polar surface area (TPSA) is 158 Å². The number of nitro groups is 1. The van der Waals surface area contributed by atoms with Crippen LogP contribution in [0.1, 0.15) is 0 Å². The molecule has 0 bridgehead atoms. The first kappa shape index (κ1) is 17.9. The van der Waals surface area contributed by atoms with Gasteiger partial charge in [0.05, 0.1) is 9.82 Å². The SMILES string of the molecule is NS(=O)(=O)c1cccc(S(=O)(=O)O)c1-c1cccc([N+](=O)[O-])c1F. The van der Waals surface area contributed by atoms with Gasteiger partial charge in [-0.05, 0) is 12.1 Å². The molecule has 0 aliphatic carbocycles. The van der Waals surface area contributed by atoms with Gasteiger partial charge in [0.1, 0.15) is 4.90 Å². The summed E-state index contributed by atoms with van der Waals surface area (Å²) in [6.07, 6.45) is 0. The van der Waals surface area contributed by atoms with Crippen molar-refractivity contribution in [2.24, 2.45) is 5.14 Å². The molecule has 0 aliphatic heterocycles. The lowest BCUT2D eigenvalue weighted by Gasteiger charge is -2.12. The van der Waals surface area contributed by atoms with Crippen LogP contribution >= 0.6 is 0 Å². The molecule has 24 heavy (non-hydrogen) atoms. The Kier molecular flexibility index (Phi) is 4.41. The molecule has 0 aromatic heterocycles. The maximum atomic E-state index is 14.4. The zero-order valence-corrected chi connectivity index (χ0v) is 13.2. The van der Waals surface area contributed by atoms with Gasteiger partial charge in [0.15, 0.2) is 0 Å². The fourth-order valence-electron chi connectivity index (χ4n) is 2.08. The van der Waals surface area contributed by atoms with Crippen molar-refractivity contribution in [1.29, 1.82) is 0 Å². The second kappa shape index (κ2) is 5.90. The lowest BCUT2D eigenvalue weighted by molar-refractivity contribution is -0.387. The molecule has 0 amide bonds. The predicted molar refractivity (Wildman–Crippen MR) is 79.7 cm³/mol. The molecule has 0 saturated carbocycles. The van der Waals surface area contributed by atoms with E-state index < -0.39 is 57.5 Å². The third kappa shape index (κ3) is 3.26. The molecule has 0 spiro atoms. The van der Waals surface area contributed by atoms with Crippen LogP contribution in [0.4, 0.5) is 10.1 Å². The van der Waals surface area contributed by atoms with E-state index in [2.05, 4.69) is 0 Å². The minimum Gasteiger partial charge on any atom is -0.282 e. The largest absolute Gasteiger partial charge is 0.305 e. The second-order valence-electron chi connectivity index (χ2n) is 4.55. The van der Waals surface area contributed by atoms with Gasteiger partial charge in [0, 0.05) is 17.2 Å². The highest BCUT2D eigenvalue weighted by atomic mass is 32.2. The van der Waals surface area contributed by atoms with Gasteiger partial charge in [-0.15, -0.1) is 0 Å². The van der Waals surface area contributed by atoms with Crippen molar-refractivity contribution >= 4 is 25.8 Å². The van der Waals surface area contributed by atoms with Crippen LogP contribution in [0.3, 0.4) is 0 Å². The molecule has 0 heterocycles. The van der Waals surface area contributed by atoms with Crippen LogP contribution in [-0.4, -0.2) is 26.3 Å². The highest BCUT2D eigenvalue weighted by molar-refractivity contribution is 7.89. The fourth-order valence-corrected chi connectivity index (χ4v) is 3.65. The normalized spacial score (nSPS) is 12.1. The van der Waals surface area contributed by atoms with Gasteiger partial charge >= 0.3 is 5.69 Å². The van der Waals surface area contributed by atoms with Gasteiger partial charge < -0.3 is 0 Å². The summed E-state index contributed by atoms with van der Waals surface area (Å²) in [5, 5.41) is 15.8. The number of nitro benzene ring substituents is 1. The van der Waals surface area contributed by atoms with Crippen molar-refractivity contribution in [3.63, 3.8) is 0 Å². The van der Waals surface area contributed by atoms with Crippen LogP contribution in [-0.2, 0) is 20.1 Å². The van der Waals surface area contributed by atoms with Crippen LogP contribution in [0.2, 0.25) is 0 Å². The lowest BCUT2D eigenvalue weighted by atomic mass is 10.0. The number of hydrogen-bond acceptors (Lipinski definition) is 6. The number of nitrogens with two attached hydrogens (primary N) is 1. The number of benzene rings is 2. The zero-order valence-electron chi connectivity index (χ0n) is 11.6. The van der Waals surface area contributed by atoms with Crippen LogP contribution < -0.4 is 5.14 Å². The Balaban J connectivity index is 3.04. The molecule has 0 saturated heterocycles. The molecule has 2 aromatic rings. The summed E-state index contributed by atoms with van der Waals surface area (Å²) in [5.41, 5.74) is -2.50. The van der Waals surface area contributed by atoms with E-state index in [9.17, 15) is 35.9 Å². The Bertz CT molecular complexity index is 999. The number of halogens is 1. The van der Waals surface area contributed by atoms with Crippen LogP contribution in [0.25, 0.3) is 11.1 Å². The molecular formula is C12H9FN2O7S2. The van der Waals surface area contributed by atoms with Crippen molar-refractivity contribution in [3.05, 3.63) is 52.3 Å². The van der Waals surface area contributed by atoms with Gasteiger partial charge in [-0.3, -0.25) is 14.7 Å². The van der Waals surface area contributed by atoms with E-state index in [1.54, 1.807) is 0 Å². The molecule has 0 fully saturated rings. The van der Waals surface area contributed by atoms with E-state index in [1.807, 2.05) is 0 Å². The summed E-state index contributed by atoms with van der Waals surface area (Å²) < 4.78 is 70.0. The summed E-state index contributed by atoms with van der Waals surface area (Å²) in [7, 11) is -9.50. The maximum Gasteiger partial charge on any atom is 0.305 e. The Morgan fingerprint density at radius 2 is 1.58 bits per heavy atom. The second-order valence-corrected chi connectivity index (χ2v) is 7.46. The van der Waals surface area contributed by atoms with Gasteiger partial charge in [-0.1, -0.05) is 18.2 Å². The summed E-state index contributed by atoms with van der Waals surface area (Å²) in [6, 6.07) is 5.45. The molecule has 2 rings (SSSR count). The summed E-state index contributed by atoms with van der Waals surface area (Å²) in [5.74, 6) is -1.47. The first-order valence-electron chi connectivity index (χ1n) is 6.01. The van der Waals surface area contributed by atoms with E-state index in [1.165, 1.54) is 0 Å². The molecule has 2 aromatic carbocycles. The molecule has 0 radical (unpaired) electrons. The fraction of sp³-hybridized carbons (Fsp3) is 0. The third-order valence-corrected chi connectivity index (χ3v) is 4.87. The first-order valence-corrected chi connectivity index (χ1v) is 9.00. The quantitative estimate of drug-likeness (QED) is 0.462. The lowest BCUT2D eigenvalue weighted by Crippen LogP contribution is -2.15. The Morgan fingerprint density at radius 3 is 2.08 bits per heavy atom. The molecule has 0 aliphatic rings. The molecule has 9 nitrogen and oxygen atoms in total. The zero-order chi connectivity index (χ0) is 18.3. The Morgan fingerprint density at radius 1 is 1.04 bits per heavy atom. The number of rotatable bonds is 4. The minimum atomic E-state index is -4.97. The molecule has 3 N–H and O–H groups in total. The molecule has 128 valence electrons. The minimum absolute atomic E-state index is 0.707. The van der Waals surface area contributed by atoms with Crippen LogP contribution in [0, 0.1) is 15.9 Å².